The van der Waals surface area contributed by atoms with E-state index in [0.717, 1.165) is 21.9 Å². The smallest absolute Gasteiger partial charge is 0.234 e. The molecule has 3 nitrogen and oxygen atoms in total. The predicted molar refractivity (Wildman–Crippen MR) is 80.1 cm³/mol. The summed E-state index contributed by atoms with van der Waals surface area (Å²) in [5.74, 6) is -0.204. The van der Waals surface area contributed by atoms with Crippen LogP contribution in [0, 0.1) is 6.92 Å². The third kappa shape index (κ3) is 1.54. The number of ether oxygens (including phenoxy) is 1. The van der Waals surface area contributed by atoms with E-state index in [0.29, 0.717) is 23.3 Å². The van der Waals surface area contributed by atoms with Crippen LogP contribution in [0.25, 0.3) is 16.5 Å². The SMILES string of the molecule is Cc1cc2c(c3ccccc13)C(=O)C(=O)C1=C2OC(C)C1. The molecule has 1 aliphatic carbocycles. The minimum atomic E-state index is -0.407. The van der Waals surface area contributed by atoms with Crippen molar-refractivity contribution in [3.8, 4) is 0 Å². The summed E-state index contributed by atoms with van der Waals surface area (Å²) in [6.07, 6.45) is 0.468. The van der Waals surface area contributed by atoms with Crippen molar-refractivity contribution in [2.24, 2.45) is 0 Å². The van der Waals surface area contributed by atoms with Gasteiger partial charge in [-0.1, -0.05) is 24.3 Å². The van der Waals surface area contributed by atoms with Crippen molar-refractivity contribution in [3.05, 3.63) is 52.6 Å². The summed E-state index contributed by atoms with van der Waals surface area (Å²) in [6.45, 7) is 3.94. The average molecular weight is 278 g/mol. The summed E-state index contributed by atoms with van der Waals surface area (Å²) >= 11 is 0. The summed E-state index contributed by atoms with van der Waals surface area (Å²) in [5.41, 5.74) is 2.89. The molecule has 0 aromatic heterocycles. The van der Waals surface area contributed by atoms with Crippen molar-refractivity contribution in [3.63, 3.8) is 0 Å². The topological polar surface area (TPSA) is 43.4 Å². The summed E-state index contributed by atoms with van der Waals surface area (Å²) in [6, 6.07) is 9.67. The molecule has 0 saturated carbocycles. The van der Waals surface area contributed by atoms with Gasteiger partial charge in [-0.15, -0.1) is 0 Å². The number of benzene rings is 2. The van der Waals surface area contributed by atoms with Crippen LogP contribution >= 0.6 is 0 Å². The molecule has 1 heterocycles. The Kier molecular flexibility index (Phi) is 2.37. The monoisotopic (exact) mass is 278 g/mol. The zero-order valence-electron chi connectivity index (χ0n) is 11.9. The second-order valence-corrected chi connectivity index (χ2v) is 5.76. The maximum absolute atomic E-state index is 12.6. The molecular formula is C18H14O3. The van der Waals surface area contributed by atoms with Crippen LogP contribution < -0.4 is 0 Å². The molecule has 2 aliphatic rings. The van der Waals surface area contributed by atoms with Crippen LogP contribution in [0.1, 0.15) is 34.8 Å². The standard InChI is InChI=1S/C18H14O3/c1-9-7-13-15(12-6-4-3-5-11(9)12)17(20)16(19)14-8-10(2)21-18(13)14/h3-7,10H,8H2,1-2H3. The van der Waals surface area contributed by atoms with E-state index < -0.39 is 11.6 Å². The van der Waals surface area contributed by atoms with Gasteiger partial charge in [-0.3, -0.25) is 9.59 Å². The number of fused-ring (bicyclic) bond motifs is 4. The fourth-order valence-electron chi connectivity index (χ4n) is 3.35. The maximum atomic E-state index is 12.6. The molecule has 0 saturated heterocycles. The van der Waals surface area contributed by atoms with Crippen molar-refractivity contribution >= 4 is 28.1 Å². The van der Waals surface area contributed by atoms with Gasteiger partial charge in [-0.25, -0.2) is 0 Å². The highest BCUT2D eigenvalue weighted by molar-refractivity contribution is 6.54. The zero-order valence-corrected chi connectivity index (χ0v) is 11.9. The Labute approximate surface area is 122 Å². The molecule has 2 aromatic carbocycles. The van der Waals surface area contributed by atoms with Gasteiger partial charge in [0.15, 0.2) is 0 Å². The van der Waals surface area contributed by atoms with E-state index in [2.05, 4.69) is 0 Å². The molecule has 0 spiro atoms. The fraction of sp³-hybridized carbons (Fsp3) is 0.222. The van der Waals surface area contributed by atoms with Gasteiger partial charge in [-0.05, 0) is 36.2 Å². The lowest BCUT2D eigenvalue weighted by Gasteiger charge is -2.19. The van der Waals surface area contributed by atoms with Crippen LogP contribution in [-0.2, 0) is 9.53 Å². The minimum absolute atomic E-state index is 0.0514. The molecule has 0 fully saturated rings. The third-order valence-electron chi connectivity index (χ3n) is 4.29. The quantitative estimate of drug-likeness (QED) is 0.693. The van der Waals surface area contributed by atoms with E-state index in [4.69, 9.17) is 4.74 Å². The molecule has 4 rings (SSSR count). The van der Waals surface area contributed by atoms with E-state index >= 15 is 0 Å². The number of hydrogen-bond donors (Lipinski definition) is 0. The second-order valence-electron chi connectivity index (χ2n) is 5.76. The molecule has 0 radical (unpaired) electrons. The van der Waals surface area contributed by atoms with Crippen molar-refractivity contribution < 1.29 is 14.3 Å². The largest absolute Gasteiger partial charge is 0.489 e. The number of aryl methyl sites for hydroxylation is 1. The molecule has 2 aromatic rings. The van der Waals surface area contributed by atoms with Crippen molar-refractivity contribution in [2.45, 2.75) is 26.4 Å². The second kappa shape index (κ2) is 4.04. The Bertz CT molecular complexity index is 858. The molecule has 21 heavy (non-hydrogen) atoms. The Morgan fingerprint density at radius 2 is 1.81 bits per heavy atom. The Morgan fingerprint density at radius 1 is 1.10 bits per heavy atom. The van der Waals surface area contributed by atoms with E-state index in [1.54, 1.807) is 0 Å². The number of Topliss-reactive ketones (excluding diaryl/α,β-unsaturated/α-hetero) is 2. The van der Waals surface area contributed by atoms with Crippen LogP contribution in [-0.4, -0.2) is 17.7 Å². The lowest BCUT2D eigenvalue weighted by atomic mass is 9.83. The lowest BCUT2D eigenvalue weighted by Crippen LogP contribution is -2.23. The van der Waals surface area contributed by atoms with E-state index in [-0.39, 0.29) is 6.10 Å². The average Bonchev–Trinajstić information content (AvgIpc) is 2.87. The number of carbonyl (C=O) groups excluding carboxylic acids is 2. The number of hydrogen-bond acceptors (Lipinski definition) is 3. The van der Waals surface area contributed by atoms with Gasteiger partial charge in [0.05, 0.1) is 0 Å². The molecule has 1 aliphatic heterocycles. The highest BCUT2D eigenvalue weighted by Crippen LogP contribution is 2.41. The molecule has 1 atom stereocenters. The van der Waals surface area contributed by atoms with Gasteiger partial charge < -0.3 is 4.74 Å². The first-order valence-corrected chi connectivity index (χ1v) is 7.09. The van der Waals surface area contributed by atoms with Crippen molar-refractivity contribution in [2.75, 3.05) is 0 Å². The minimum Gasteiger partial charge on any atom is -0.489 e. The molecule has 3 heteroatoms. The molecule has 104 valence electrons. The maximum Gasteiger partial charge on any atom is 0.234 e. The first kappa shape index (κ1) is 12.3. The summed E-state index contributed by atoms with van der Waals surface area (Å²) in [7, 11) is 0. The molecule has 0 N–H and O–H groups in total. The number of rotatable bonds is 0. The molecule has 0 amide bonds. The normalized spacial score (nSPS) is 20.6. The lowest BCUT2D eigenvalue weighted by molar-refractivity contribution is -0.111. The van der Waals surface area contributed by atoms with Crippen LogP contribution in [0.15, 0.2) is 35.9 Å². The summed E-state index contributed by atoms with van der Waals surface area (Å²) in [4.78, 5) is 24.9. The summed E-state index contributed by atoms with van der Waals surface area (Å²) in [5, 5.41) is 1.84. The zero-order chi connectivity index (χ0) is 14.7. The predicted octanol–water partition coefficient (Wildman–Crippen LogP) is 3.43. The van der Waals surface area contributed by atoms with Crippen molar-refractivity contribution in [1.29, 1.82) is 0 Å². The Morgan fingerprint density at radius 3 is 2.57 bits per heavy atom. The first-order valence-electron chi connectivity index (χ1n) is 7.09. The van der Waals surface area contributed by atoms with Crippen LogP contribution in [0.3, 0.4) is 0 Å². The Balaban J connectivity index is 2.13. The Hall–Kier alpha value is -2.42. The number of ketones is 2. The highest BCUT2D eigenvalue weighted by Gasteiger charge is 2.39. The molecular weight excluding hydrogens is 264 g/mol. The van der Waals surface area contributed by atoms with E-state index in [1.807, 2.05) is 44.2 Å². The van der Waals surface area contributed by atoms with Gasteiger partial charge in [-0.2, -0.15) is 0 Å². The molecule has 1 unspecified atom stereocenters. The van der Waals surface area contributed by atoms with Crippen LogP contribution in [0.5, 0.6) is 0 Å². The van der Waals surface area contributed by atoms with Gasteiger partial charge in [0.2, 0.25) is 11.6 Å². The van der Waals surface area contributed by atoms with Crippen LogP contribution in [0.4, 0.5) is 0 Å². The van der Waals surface area contributed by atoms with E-state index in [9.17, 15) is 9.59 Å². The van der Waals surface area contributed by atoms with Crippen LogP contribution in [0.2, 0.25) is 0 Å². The van der Waals surface area contributed by atoms with Crippen molar-refractivity contribution in [1.82, 2.24) is 0 Å². The molecule has 0 bridgehead atoms. The first-order chi connectivity index (χ1) is 10.1. The fourth-order valence-corrected chi connectivity index (χ4v) is 3.35. The van der Waals surface area contributed by atoms with Gasteiger partial charge in [0.25, 0.3) is 0 Å². The van der Waals surface area contributed by atoms with E-state index in [1.165, 1.54) is 0 Å². The van der Waals surface area contributed by atoms with Gasteiger partial charge >= 0.3 is 0 Å². The third-order valence-corrected chi connectivity index (χ3v) is 4.29. The van der Waals surface area contributed by atoms with Gasteiger partial charge in [0.1, 0.15) is 11.9 Å². The summed E-state index contributed by atoms with van der Waals surface area (Å²) < 4.78 is 5.82. The van der Waals surface area contributed by atoms with Gasteiger partial charge in [0, 0.05) is 23.1 Å². The highest BCUT2D eigenvalue weighted by atomic mass is 16.5. The number of carbonyl (C=O) groups is 2.